The van der Waals surface area contributed by atoms with E-state index in [1.54, 1.807) is 6.92 Å². The average Bonchev–Trinajstić information content (AvgIpc) is 2.85. The summed E-state index contributed by atoms with van der Waals surface area (Å²) >= 11 is 0. The zero-order valence-corrected chi connectivity index (χ0v) is 13.0. The van der Waals surface area contributed by atoms with Gasteiger partial charge in [-0.15, -0.1) is 0 Å². The summed E-state index contributed by atoms with van der Waals surface area (Å²) in [6.45, 7) is 3.17. The monoisotopic (exact) mass is 352 g/mol. The Morgan fingerprint density at radius 2 is 1.71 bits per heavy atom. The second-order valence-electron chi connectivity index (χ2n) is 5.84. The molecule has 0 saturated carbocycles. The van der Waals surface area contributed by atoms with Gasteiger partial charge in [0.15, 0.2) is 6.29 Å². The Labute approximate surface area is 141 Å². The van der Waals surface area contributed by atoms with Crippen molar-refractivity contribution < 1.29 is 44.2 Å². The molecule has 0 radical (unpaired) electrons. The molecule has 0 aromatic carbocycles. The molecule has 2 heterocycles. The Morgan fingerprint density at radius 1 is 1.04 bits per heavy atom. The van der Waals surface area contributed by atoms with Crippen molar-refractivity contribution in [2.75, 3.05) is 6.61 Å². The maximum absolute atomic E-state index is 10.5. The van der Waals surface area contributed by atoms with Crippen LogP contribution in [0.4, 0.5) is 0 Å². The third-order valence-corrected chi connectivity index (χ3v) is 4.36. The van der Waals surface area contributed by atoms with Crippen molar-refractivity contribution in [3.05, 3.63) is 0 Å². The number of rotatable bonds is 6. The molecule has 0 amide bonds. The molecule has 2 fully saturated rings. The van der Waals surface area contributed by atoms with E-state index in [9.17, 15) is 25.2 Å². The van der Waals surface area contributed by atoms with Gasteiger partial charge in [-0.1, -0.05) is 21.3 Å². The fraction of sp³-hybridized carbons (Fsp3) is 0.933. The molecule has 0 bridgehead atoms. The van der Waals surface area contributed by atoms with Crippen LogP contribution in [0.15, 0.2) is 0 Å². The first-order valence-corrected chi connectivity index (χ1v) is 7.65. The lowest BCUT2D eigenvalue weighted by atomic mass is 9.95. The van der Waals surface area contributed by atoms with Crippen molar-refractivity contribution >= 4 is 6.47 Å². The quantitative estimate of drug-likeness (QED) is 0.432. The third-order valence-electron chi connectivity index (χ3n) is 4.36. The molecule has 0 aliphatic carbocycles. The summed E-state index contributed by atoms with van der Waals surface area (Å²) in [7, 11) is 0. The van der Waals surface area contributed by atoms with Crippen molar-refractivity contribution in [3.8, 4) is 0 Å². The number of hydrogen-bond acceptors (Lipinski definition) is 9. The molecule has 2 aliphatic rings. The van der Waals surface area contributed by atoms with Gasteiger partial charge in [-0.05, 0) is 6.42 Å². The fourth-order valence-corrected chi connectivity index (χ4v) is 2.91. The lowest BCUT2D eigenvalue weighted by Gasteiger charge is -2.41. The Morgan fingerprint density at radius 3 is 2.25 bits per heavy atom. The molecule has 4 N–H and O–H groups in total. The largest absolute Gasteiger partial charge is 0.437 e. The van der Waals surface area contributed by atoms with Crippen LogP contribution in [-0.2, 0) is 23.7 Å². The zero-order valence-electron chi connectivity index (χ0n) is 13.0. The number of carbonyl (C=O) groups is 1. The summed E-state index contributed by atoms with van der Waals surface area (Å²) in [6.07, 6.45) is -7.81. The first kappa shape index (κ1) is 21.2. The molecule has 2 aliphatic heterocycles. The number of aliphatic hydroxyl groups excluding tert-OH is 4. The highest BCUT2D eigenvalue weighted by molar-refractivity contribution is 5.37. The number of ether oxygens (including phenoxy) is 4. The molecule has 9 heteroatoms. The molecule has 142 valence electrons. The van der Waals surface area contributed by atoms with Gasteiger partial charge >= 0.3 is 0 Å². The van der Waals surface area contributed by atoms with Crippen LogP contribution in [0.3, 0.4) is 0 Å². The topological polar surface area (TPSA) is 135 Å². The second kappa shape index (κ2) is 9.04. The van der Waals surface area contributed by atoms with E-state index in [1.807, 2.05) is 6.92 Å². The van der Waals surface area contributed by atoms with Gasteiger partial charge in [0, 0.05) is 5.92 Å². The van der Waals surface area contributed by atoms with E-state index in [0.29, 0.717) is 6.42 Å². The van der Waals surface area contributed by atoms with E-state index >= 15 is 0 Å². The molecular formula is C15H28O9. The summed E-state index contributed by atoms with van der Waals surface area (Å²) < 4.78 is 21.1. The average molecular weight is 352 g/mol. The first-order chi connectivity index (χ1) is 10.9. The molecule has 2 saturated heterocycles. The summed E-state index contributed by atoms with van der Waals surface area (Å²) in [6, 6.07) is 0. The van der Waals surface area contributed by atoms with Crippen LogP contribution in [0.1, 0.15) is 27.7 Å². The predicted molar refractivity (Wildman–Crippen MR) is 80.6 cm³/mol. The maximum atomic E-state index is 10.5. The highest BCUT2D eigenvalue weighted by atomic mass is 16.8. The Bertz CT molecular complexity index is 391. The van der Waals surface area contributed by atoms with Crippen molar-refractivity contribution in [3.63, 3.8) is 0 Å². The van der Waals surface area contributed by atoms with Crippen molar-refractivity contribution in [2.24, 2.45) is 5.92 Å². The Kier molecular flexibility index (Phi) is 8.00. The molecule has 0 spiro atoms. The van der Waals surface area contributed by atoms with Crippen molar-refractivity contribution in [2.45, 2.75) is 76.9 Å². The van der Waals surface area contributed by atoms with E-state index in [-0.39, 0.29) is 20.5 Å². The fourth-order valence-electron chi connectivity index (χ4n) is 2.91. The van der Waals surface area contributed by atoms with Crippen molar-refractivity contribution in [1.82, 2.24) is 0 Å². The van der Waals surface area contributed by atoms with Crippen LogP contribution in [0, 0.1) is 5.92 Å². The van der Waals surface area contributed by atoms with Crippen LogP contribution in [0.25, 0.3) is 0 Å². The van der Waals surface area contributed by atoms with Gasteiger partial charge in [0.2, 0.25) is 6.29 Å². The molecule has 0 aromatic heterocycles. The Hall–Kier alpha value is -0.810. The van der Waals surface area contributed by atoms with Crippen LogP contribution >= 0.6 is 0 Å². The lowest BCUT2D eigenvalue weighted by molar-refractivity contribution is -0.341. The maximum Gasteiger partial charge on any atom is 0.295 e. The first-order valence-electron chi connectivity index (χ1n) is 7.65. The molecule has 0 aromatic rings. The second-order valence-corrected chi connectivity index (χ2v) is 5.84. The van der Waals surface area contributed by atoms with E-state index in [2.05, 4.69) is 0 Å². The SMILES string of the molecule is C.CCC1OC(CO)[C@@H](O[C@@H]2OC(OC=O)[C@@H](C)[C@H](O)C2O)[C@H]1O. The minimum Gasteiger partial charge on any atom is -0.437 e. The van der Waals surface area contributed by atoms with Gasteiger partial charge in [0.1, 0.15) is 24.4 Å². The van der Waals surface area contributed by atoms with E-state index in [1.165, 1.54) is 0 Å². The standard InChI is InChI=1S/C14H24O9.CH4/c1-3-7-10(18)12(8(4-15)21-7)22-14-11(19)9(17)6(2)13(23-14)20-5-16;/h5-15,17-19H,3-4H2,1-2H3;1H4/t6-,7?,8?,9-,10-,11?,12+,13?,14+;/m0./s1. The van der Waals surface area contributed by atoms with Gasteiger partial charge in [0.05, 0.1) is 18.8 Å². The van der Waals surface area contributed by atoms with E-state index < -0.39 is 55.1 Å². The van der Waals surface area contributed by atoms with Gasteiger partial charge in [-0.2, -0.15) is 0 Å². The van der Waals surface area contributed by atoms with E-state index in [4.69, 9.17) is 18.9 Å². The molecule has 9 atom stereocenters. The summed E-state index contributed by atoms with van der Waals surface area (Å²) in [5.74, 6) is -0.656. The summed E-state index contributed by atoms with van der Waals surface area (Å²) in [5, 5.41) is 39.7. The van der Waals surface area contributed by atoms with Crippen LogP contribution in [-0.4, -0.2) is 82.7 Å². The minimum absolute atomic E-state index is 0. The van der Waals surface area contributed by atoms with Crippen molar-refractivity contribution in [1.29, 1.82) is 0 Å². The molecule has 2 rings (SSSR count). The highest BCUT2D eigenvalue weighted by Gasteiger charge is 2.49. The zero-order chi connectivity index (χ0) is 17.1. The highest BCUT2D eigenvalue weighted by Crippen LogP contribution is 2.32. The lowest BCUT2D eigenvalue weighted by Crippen LogP contribution is -2.57. The Balaban J connectivity index is 0.00000288. The number of carbonyl (C=O) groups excluding carboxylic acids is 1. The van der Waals surface area contributed by atoms with Gasteiger partial charge < -0.3 is 39.4 Å². The van der Waals surface area contributed by atoms with Gasteiger partial charge in [0.25, 0.3) is 6.47 Å². The van der Waals surface area contributed by atoms with E-state index in [0.717, 1.165) is 0 Å². The predicted octanol–water partition coefficient (Wildman–Crippen LogP) is -1.25. The number of aliphatic hydroxyl groups is 4. The minimum atomic E-state index is -1.40. The summed E-state index contributed by atoms with van der Waals surface area (Å²) in [4.78, 5) is 10.5. The number of hydrogen-bond donors (Lipinski definition) is 4. The summed E-state index contributed by atoms with van der Waals surface area (Å²) in [5.41, 5.74) is 0. The van der Waals surface area contributed by atoms with Gasteiger partial charge in [-0.25, -0.2) is 0 Å². The molecule has 24 heavy (non-hydrogen) atoms. The third kappa shape index (κ3) is 4.05. The van der Waals surface area contributed by atoms with Crippen LogP contribution < -0.4 is 0 Å². The van der Waals surface area contributed by atoms with Gasteiger partial charge in [-0.3, -0.25) is 4.79 Å². The van der Waals surface area contributed by atoms with Crippen LogP contribution in [0.5, 0.6) is 0 Å². The smallest absolute Gasteiger partial charge is 0.295 e. The normalized spacial score (nSPS) is 45.5. The molecule has 9 nitrogen and oxygen atoms in total. The molecule has 4 unspecified atom stereocenters. The van der Waals surface area contributed by atoms with Crippen LogP contribution in [0.2, 0.25) is 0 Å². The molecular weight excluding hydrogens is 324 g/mol.